The molecule has 184 valence electrons. The molecule has 1 aliphatic rings. The molecule has 0 spiro atoms. The number of anilines is 2. The normalized spacial score (nSPS) is 14.8. The van der Waals surface area contributed by atoms with Gasteiger partial charge >= 0.3 is 0 Å². The predicted octanol–water partition coefficient (Wildman–Crippen LogP) is 4.12. The smallest absolute Gasteiger partial charge is 0.224 e. The lowest BCUT2D eigenvalue weighted by Crippen LogP contribution is -2.31. The van der Waals surface area contributed by atoms with Gasteiger partial charge in [0.15, 0.2) is 0 Å². The van der Waals surface area contributed by atoms with Crippen LogP contribution in [0.1, 0.15) is 29.2 Å². The lowest BCUT2D eigenvalue weighted by Gasteiger charge is -2.32. The minimum Gasteiger partial charge on any atom is -0.497 e. The molecule has 1 unspecified atom stereocenters. The molecule has 4 rings (SSSR count). The number of benzene rings is 2. The summed E-state index contributed by atoms with van der Waals surface area (Å²) in [5.74, 6) is 2.34. The van der Waals surface area contributed by atoms with Crippen LogP contribution in [0.2, 0.25) is 0 Å². The molecule has 0 bridgehead atoms. The van der Waals surface area contributed by atoms with Crippen LogP contribution >= 0.6 is 0 Å². The number of aryl methyl sites for hydroxylation is 1. The first kappa shape index (κ1) is 25.6. The van der Waals surface area contributed by atoms with Crippen LogP contribution in [0.15, 0.2) is 60.9 Å². The lowest BCUT2D eigenvalue weighted by molar-refractivity contribution is -0.119. The van der Waals surface area contributed by atoms with E-state index in [-0.39, 0.29) is 6.04 Å². The van der Waals surface area contributed by atoms with Crippen molar-refractivity contribution >= 4 is 23.6 Å². The van der Waals surface area contributed by atoms with Crippen molar-refractivity contribution in [1.82, 2.24) is 14.9 Å². The third-order valence-electron chi connectivity index (χ3n) is 5.74. The van der Waals surface area contributed by atoms with E-state index < -0.39 is 0 Å². The number of hydrogen-bond acceptors (Lipinski definition) is 7. The number of carbonyl (C=O) groups excluding carboxylic acids is 1. The highest BCUT2D eigenvalue weighted by atomic mass is 16.5. The largest absolute Gasteiger partial charge is 0.497 e. The second-order valence-corrected chi connectivity index (χ2v) is 8.41. The first-order chi connectivity index (χ1) is 16.9. The van der Waals surface area contributed by atoms with E-state index in [9.17, 15) is 4.79 Å². The molecule has 8 heteroatoms. The van der Waals surface area contributed by atoms with Gasteiger partial charge in [0.1, 0.15) is 11.5 Å². The Morgan fingerprint density at radius 2 is 1.63 bits per heavy atom. The van der Waals surface area contributed by atoms with Crippen molar-refractivity contribution < 1.29 is 14.3 Å². The molecule has 0 aliphatic carbocycles. The summed E-state index contributed by atoms with van der Waals surface area (Å²) in [4.78, 5) is 23.9. The van der Waals surface area contributed by atoms with Crippen LogP contribution in [-0.2, 0) is 4.79 Å². The van der Waals surface area contributed by atoms with Crippen LogP contribution in [0.5, 0.6) is 11.5 Å². The summed E-state index contributed by atoms with van der Waals surface area (Å²) in [6, 6.07) is 13.3. The van der Waals surface area contributed by atoms with Crippen molar-refractivity contribution in [2.75, 3.05) is 45.5 Å². The third kappa shape index (κ3) is 6.50. The van der Waals surface area contributed by atoms with Gasteiger partial charge in [0, 0.05) is 49.8 Å². The number of rotatable bonds is 6. The Morgan fingerprint density at radius 3 is 2.14 bits per heavy atom. The van der Waals surface area contributed by atoms with Crippen LogP contribution in [-0.4, -0.2) is 56.1 Å². The van der Waals surface area contributed by atoms with Crippen LogP contribution in [0.3, 0.4) is 0 Å². The van der Waals surface area contributed by atoms with Gasteiger partial charge in [-0.25, -0.2) is 9.97 Å². The number of aromatic nitrogens is 2. The number of carbonyl (C=O) groups is 1. The zero-order valence-corrected chi connectivity index (χ0v) is 20.9. The van der Waals surface area contributed by atoms with E-state index in [2.05, 4.69) is 29.0 Å². The number of nitrogens with zero attached hydrogens (tertiary/aromatic N) is 4. The fraction of sp³-hybridized carbons (Fsp3) is 0.296. The minimum atomic E-state index is -0.183. The first-order valence-corrected chi connectivity index (χ1v) is 11.3. The maximum absolute atomic E-state index is 11.5. The molecule has 3 aromatic rings. The summed E-state index contributed by atoms with van der Waals surface area (Å²) in [5.41, 5.74) is 11.2. The van der Waals surface area contributed by atoms with Gasteiger partial charge in [-0.1, -0.05) is 17.7 Å². The molecule has 2 N–H and O–H groups in total. The quantitative estimate of drug-likeness (QED) is 0.423. The topological polar surface area (TPSA) is 93.8 Å². The molecule has 35 heavy (non-hydrogen) atoms. The molecule has 0 saturated carbocycles. The van der Waals surface area contributed by atoms with Gasteiger partial charge in [-0.05, 0) is 55.3 Å². The number of hydrogen-bond donors (Lipinski definition) is 1. The summed E-state index contributed by atoms with van der Waals surface area (Å²) in [6.07, 6.45) is 7.32. The van der Waals surface area contributed by atoms with Gasteiger partial charge in [-0.15, -0.1) is 0 Å². The molecule has 0 fully saturated rings. The Hall–Kier alpha value is -4.07. The number of nitrogen functional groups attached to an aromatic ring is 1. The summed E-state index contributed by atoms with van der Waals surface area (Å²) in [6.45, 7) is 2.69. The zero-order valence-electron chi connectivity index (χ0n) is 20.9. The van der Waals surface area contributed by atoms with Gasteiger partial charge in [0.05, 0.1) is 20.3 Å². The Morgan fingerprint density at radius 1 is 1.03 bits per heavy atom. The number of amides is 1. The number of nitrogens with two attached hydrogens (primary N) is 1. The average Bonchev–Trinajstić information content (AvgIpc) is 2.90. The Bertz CT molecular complexity index is 1120. The maximum Gasteiger partial charge on any atom is 0.224 e. The monoisotopic (exact) mass is 475 g/mol. The molecule has 0 radical (unpaired) electrons. The molecule has 1 aromatic heterocycles. The van der Waals surface area contributed by atoms with Gasteiger partial charge in [-0.2, -0.15) is 0 Å². The molecule has 0 saturated heterocycles. The van der Waals surface area contributed by atoms with Crippen LogP contribution in [0.4, 0.5) is 11.6 Å². The number of methoxy groups -OCH3 is 2. The van der Waals surface area contributed by atoms with Gasteiger partial charge in [0.2, 0.25) is 12.4 Å². The molecular weight excluding hydrogens is 442 g/mol. The molecule has 2 aromatic carbocycles. The van der Waals surface area contributed by atoms with E-state index in [4.69, 9.17) is 15.2 Å². The van der Waals surface area contributed by atoms with Gasteiger partial charge in [0.25, 0.3) is 0 Å². The van der Waals surface area contributed by atoms with Crippen molar-refractivity contribution in [2.45, 2.75) is 19.4 Å². The average molecular weight is 476 g/mol. The fourth-order valence-electron chi connectivity index (χ4n) is 3.76. The molecule has 8 nitrogen and oxygen atoms in total. The van der Waals surface area contributed by atoms with Crippen molar-refractivity contribution in [3.05, 3.63) is 77.6 Å². The summed E-state index contributed by atoms with van der Waals surface area (Å²) in [7, 11) is 7.07. The number of ether oxygens (including phenoxy) is 2. The lowest BCUT2D eigenvalue weighted by atomic mass is 9.92. The van der Waals surface area contributed by atoms with Crippen molar-refractivity contribution in [3.63, 3.8) is 0 Å². The highest BCUT2D eigenvalue weighted by molar-refractivity contribution is 5.77. The highest BCUT2D eigenvalue weighted by Crippen LogP contribution is 2.35. The molecule has 1 atom stereocenters. The van der Waals surface area contributed by atoms with Crippen molar-refractivity contribution in [3.8, 4) is 11.5 Å². The second-order valence-electron chi connectivity index (χ2n) is 8.41. The Kier molecular flexibility index (Phi) is 8.67. The highest BCUT2D eigenvalue weighted by Gasteiger charge is 2.24. The molecule has 1 amide bonds. The first-order valence-electron chi connectivity index (χ1n) is 11.3. The summed E-state index contributed by atoms with van der Waals surface area (Å²) < 4.78 is 9.92. The van der Waals surface area contributed by atoms with Crippen LogP contribution in [0.25, 0.3) is 5.57 Å². The Balaban J connectivity index is 0.000000287. The van der Waals surface area contributed by atoms with E-state index in [1.807, 2.05) is 55.4 Å². The molecule has 1 aliphatic heterocycles. The van der Waals surface area contributed by atoms with E-state index in [1.165, 1.54) is 0 Å². The van der Waals surface area contributed by atoms with Crippen LogP contribution < -0.4 is 20.1 Å². The summed E-state index contributed by atoms with van der Waals surface area (Å²) in [5, 5.41) is 0. The van der Waals surface area contributed by atoms with Crippen LogP contribution in [0, 0.1) is 6.92 Å². The van der Waals surface area contributed by atoms with E-state index in [0.717, 1.165) is 52.3 Å². The van der Waals surface area contributed by atoms with Gasteiger partial charge in [-0.3, -0.25) is 4.79 Å². The van der Waals surface area contributed by atoms with E-state index in [1.54, 1.807) is 31.5 Å². The zero-order chi connectivity index (χ0) is 25.4. The fourth-order valence-corrected chi connectivity index (χ4v) is 3.76. The standard InChI is InChI=1S/C19H23N5O.C8H10O2/c1-13-4-5-17(20)16(8-13)14-6-7-24(12-25)18(9-14)15-10-21-19(22-11-15)23(2)3;1-9-7-3-5-8(10-2)6-4-7/h4-5,8-12,18H,6-7,20H2,1-3H3;3-6H,1-2H3. The van der Waals surface area contributed by atoms with E-state index in [0.29, 0.717) is 12.5 Å². The van der Waals surface area contributed by atoms with Crippen molar-refractivity contribution in [1.29, 1.82) is 0 Å². The molecule has 2 heterocycles. The van der Waals surface area contributed by atoms with Gasteiger partial charge < -0.3 is 25.0 Å². The Labute approximate surface area is 207 Å². The third-order valence-corrected chi connectivity index (χ3v) is 5.74. The molecular formula is C27H33N5O3. The second kappa shape index (κ2) is 11.9. The SMILES string of the molecule is COc1ccc(OC)cc1.Cc1ccc(N)c(C2=CC(c3cnc(N(C)C)nc3)N(C=O)CC2)c1. The minimum absolute atomic E-state index is 0.183. The predicted molar refractivity (Wildman–Crippen MR) is 140 cm³/mol. The van der Waals surface area contributed by atoms with E-state index >= 15 is 0 Å². The summed E-state index contributed by atoms with van der Waals surface area (Å²) >= 11 is 0. The van der Waals surface area contributed by atoms with Crippen molar-refractivity contribution in [2.24, 2.45) is 0 Å². The maximum atomic E-state index is 11.5.